The van der Waals surface area contributed by atoms with Gasteiger partial charge in [-0.15, -0.1) is 0 Å². The van der Waals surface area contributed by atoms with Crippen LogP contribution in [0.3, 0.4) is 0 Å². The average Bonchev–Trinajstić information content (AvgIpc) is 2.63. The van der Waals surface area contributed by atoms with Crippen LogP contribution in [0.4, 0.5) is 0 Å². The summed E-state index contributed by atoms with van der Waals surface area (Å²) in [7, 11) is -3.27. The number of hydrogen-bond donors (Lipinski definition) is 1. The number of carbonyl (C=O) groups is 2. The van der Waals surface area contributed by atoms with Crippen LogP contribution in [0.25, 0.3) is 0 Å². The number of ether oxygens (including phenoxy) is 1. The van der Waals surface area contributed by atoms with E-state index in [1.165, 1.54) is 6.42 Å². The van der Waals surface area contributed by atoms with E-state index in [9.17, 15) is 18.0 Å². The Morgan fingerprint density at radius 2 is 1.89 bits per heavy atom. The Bertz CT molecular complexity index is 759. The summed E-state index contributed by atoms with van der Waals surface area (Å²) in [5.41, 5.74) is 0.377. The standard InChI is InChI=1S/C19H26BrNO5S/c1-27(24,25)12-11-17(19(23)26-13-14-7-3-2-4-8-14)21-18(22)15-9-5-6-10-16(15)20/h5-6,9-10,14,17H,2-4,7-8,11-13H2,1H3,(H,21,22). The quantitative estimate of drug-likeness (QED) is 0.603. The molecule has 1 saturated carbocycles. The summed E-state index contributed by atoms with van der Waals surface area (Å²) in [4.78, 5) is 25.0. The Kier molecular flexibility index (Phi) is 8.28. The van der Waals surface area contributed by atoms with E-state index in [1.54, 1.807) is 24.3 Å². The summed E-state index contributed by atoms with van der Waals surface area (Å²) >= 11 is 3.30. The van der Waals surface area contributed by atoms with Crippen LogP contribution in [0.5, 0.6) is 0 Å². The van der Waals surface area contributed by atoms with Crippen molar-refractivity contribution in [2.75, 3.05) is 18.6 Å². The summed E-state index contributed by atoms with van der Waals surface area (Å²) in [6.07, 6.45) is 6.64. The van der Waals surface area contributed by atoms with E-state index in [0.29, 0.717) is 22.6 Å². The van der Waals surface area contributed by atoms with Crippen molar-refractivity contribution in [1.29, 1.82) is 0 Å². The summed E-state index contributed by atoms with van der Waals surface area (Å²) in [5, 5.41) is 2.63. The van der Waals surface area contributed by atoms with Crippen molar-refractivity contribution in [2.45, 2.75) is 44.6 Å². The van der Waals surface area contributed by atoms with Crippen molar-refractivity contribution in [3.8, 4) is 0 Å². The minimum Gasteiger partial charge on any atom is -0.464 e. The second-order valence-electron chi connectivity index (χ2n) is 7.06. The van der Waals surface area contributed by atoms with Crippen LogP contribution in [0.1, 0.15) is 48.9 Å². The molecule has 1 fully saturated rings. The zero-order valence-corrected chi connectivity index (χ0v) is 17.9. The molecule has 1 aliphatic rings. The first-order chi connectivity index (χ1) is 12.8. The molecule has 0 heterocycles. The third-order valence-electron chi connectivity index (χ3n) is 4.67. The Labute approximate surface area is 169 Å². The summed E-state index contributed by atoms with van der Waals surface area (Å²) in [6, 6.07) is 5.85. The lowest BCUT2D eigenvalue weighted by molar-refractivity contribution is -0.147. The van der Waals surface area contributed by atoms with E-state index < -0.39 is 27.8 Å². The molecule has 150 valence electrons. The van der Waals surface area contributed by atoms with Gasteiger partial charge in [0.05, 0.1) is 17.9 Å². The second kappa shape index (κ2) is 10.2. The number of amides is 1. The van der Waals surface area contributed by atoms with Crippen molar-refractivity contribution >= 4 is 37.6 Å². The molecular formula is C19H26BrNO5S. The predicted molar refractivity (Wildman–Crippen MR) is 107 cm³/mol. The molecule has 2 rings (SSSR count). The highest BCUT2D eigenvalue weighted by Crippen LogP contribution is 2.24. The molecule has 1 N–H and O–H groups in total. The molecule has 1 amide bonds. The summed E-state index contributed by atoms with van der Waals surface area (Å²) in [6.45, 7) is 0.319. The van der Waals surface area contributed by atoms with Crippen molar-refractivity contribution < 1.29 is 22.7 Å². The molecule has 1 atom stereocenters. The fourth-order valence-electron chi connectivity index (χ4n) is 3.12. The molecule has 0 radical (unpaired) electrons. The third-order valence-corrected chi connectivity index (χ3v) is 6.34. The minimum absolute atomic E-state index is 0.0154. The topological polar surface area (TPSA) is 89.5 Å². The van der Waals surface area contributed by atoms with Gasteiger partial charge in [-0.25, -0.2) is 13.2 Å². The molecule has 0 saturated heterocycles. The van der Waals surface area contributed by atoms with E-state index >= 15 is 0 Å². The molecule has 1 aromatic carbocycles. The Morgan fingerprint density at radius 3 is 2.52 bits per heavy atom. The van der Waals surface area contributed by atoms with Crippen LogP contribution in [-0.4, -0.2) is 45.0 Å². The van der Waals surface area contributed by atoms with Crippen LogP contribution in [-0.2, 0) is 19.4 Å². The van der Waals surface area contributed by atoms with Gasteiger partial charge in [-0.05, 0) is 53.2 Å². The Morgan fingerprint density at radius 1 is 1.22 bits per heavy atom. The van der Waals surface area contributed by atoms with Crippen molar-refractivity contribution in [1.82, 2.24) is 5.32 Å². The fourth-order valence-corrected chi connectivity index (χ4v) is 4.25. The Balaban J connectivity index is 2.01. The number of hydrogen-bond acceptors (Lipinski definition) is 5. The zero-order chi connectivity index (χ0) is 19.9. The van der Waals surface area contributed by atoms with Gasteiger partial charge in [0.2, 0.25) is 0 Å². The first kappa shape index (κ1) is 21.9. The zero-order valence-electron chi connectivity index (χ0n) is 15.4. The highest BCUT2D eigenvalue weighted by Gasteiger charge is 2.26. The van der Waals surface area contributed by atoms with Gasteiger partial charge in [0.1, 0.15) is 15.9 Å². The largest absolute Gasteiger partial charge is 0.464 e. The maximum atomic E-state index is 12.5. The van der Waals surface area contributed by atoms with E-state index in [4.69, 9.17) is 4.74 Å². The number of carbonyl (C=O) groups excluding carboxylic acids is 2. The first-order valence-electron chi connectivity index (χ1n) is 9.16. The highest BCUT2D eigenvalue weighted by molar-refractivity contribution is 9.10. The molecule has 0 spiro atoms. The number of halogens is 1. The third kappa shape index (κ3) is 7.62. The molecule has 8 heteroatoms. The average molecular weight is 460 g/mol. The smallest absolute Gasteiger partial charge is 0.328 e. The number of rotatable bonds is 8. The summed E-state index contributed by atoms with van der Waals surface area (Å²) < 4.78 is 29.0. The molecule has 0 aliphatic heterocycles. The Hall–Kier alpha value is -1.41. The monoisotopic (exact) mass is 459 g/mol. The van der Waals surface area contributed by atoms with Crippen LogP contribution in [0, 0.1) is 5.92 Å². The van der Waals surface area contributed by atoms with Gasteiger partial charge in [0, 0.05) is 10.7 Å². The normalized spacial score (nSPS) is 16.5. The predicted octanol–water partition coefficient (Wildman–Crippen LogP) is 3.11. The fraction of sp³-hybridized carbons (Fsp3) is 0.579. The van der Waals surface area contributed by atoms with Gasteiger partial charge in [0.15, 0.2) is 0 Å². The van der Waals surface area contributed by atoms with Crippen molar-refractivity contribution in [3.05, 3.63) is 34.3 Å². The van der Waals surface area contributed by atoms with Crippen LogP contribution < -0.4 is 5.32 Å². The van der Waals surface area contributed by atoms with E-state index in [1.807, 2.05) is 0 Å². The molecule has 1 aromatic rings. The van der Waals surface area contributed by atoms with Crippen LogP contribution in [0.15, 0.2) is 28.7 Å². The number of sulfone groups is 1. The van der Waals surface area contributed by atoms with Gasteiger partial charge in [-0.3, -0.25) is 4.79 Å². The molecule has 0 aromatic heterocycles. The molecular weight excluding hydrogens is 434 g/mol. The maximum absolute atomic E-state index is 12.5. The minimum atomic E-state index is -3.27. The van der Waals surface area contributed by atoms with E-state index in [-0.39, 0.29) is 12.2 Å². The van der Waals surface area contributed by atoms with Gasteiger partial charge in [-0.2, -0.15) is 0 Å². The first-order valence-corrected chi connectivity index (χ1v) is 12.0. The van der Waals surface area contributed by atoms with Gasteiger partial charge >= 0.3 is 5.97 Å². The molecule has 0 bridgehead atoms. The van der Waals surface area contributed by atoms with Crippen LogP contribution >= 0.6 is 15.9 Å². The lowest BCUT2D eigenvalue weighted by Crippen LogP contribution is -2.43. The van der Waals surface area contributed by atoms with E-state index in [0.717, 1.165) is 31.9 Å². The van der Waals surface area contributed by atoms with Crippen molar-refractivity contribution in [3.63, 3.8) is 0 Å². The second-order valence-corrected chi connectivity index (χ2v) is 10.2. The summed E-state index contributed by atoms with van der Waals surface area (Å²) in [5.74, 6) is -0.885. The van der Waals surface area contributed by atoms with Crippen molar-refractivity contribution in [2.24, 2.45) is 5.92 Å². The van der Waals surface area contributed by atoms with Gasteiger partial charge < -0.3 is 10.1 Å². The van der Waals surface area contributed by atoms with Gasteiger partial charge in [0.25, 0.3) is 5.91 Å². The maximum Gasteiger partial charge on any atom is 0.328 e. The van der Waals surface area contributed by atoms with Gasteiger partial charge in [-0.1, -0.05) is 31.4 Å². The molecule has 6 nitrogen and oxygen atoms in total. The van der Waals surface area contributed by atoms with Crippen LogP contribution in [0.2, 0.25) is 0 Å². The van der Waals surface area contributed by atoms with E-state index in [2.05, 4.69) is 21.2 Å². The molecule has 1 unspecified atom stereocenters. The SMILES string of the molecule is CS(=O)(=O)CCC(NC(=O)c1ccccc1Br)C(=O)OCC1CCCCC1. The lowest BCUT2D eigenvalue weighted by atomic mass is 9.90. The number of nitrogens with one attached hydrogen (secondary N) is 1. The highest BCUT2D eigenvalue weighted by atomic mass is 79.9. The lowest BCUT2D eigenvalue weighted by Gasteiger charge is -2.23. The number of esters is 1. The molecule has 1 aliphatic carbocycles. The number of benzene rings is 1. The molecule has 27 heavy (non-hydrogen) atoms.